The van der Waals surface area contributed by atoms with Crippen LogP contribution >= 0.6 is 21.7 Å². The summed E-state index contributed by atoms with van der Waals surface area (Å²) in [4.78, 5) is 0. The molecule has 0 heterocycles. The van der Waals surface area contributed by atoms with Crippen molar-refractivity contribution in [2.45, 2.75) is 12.8 Å². The fourth-order valence-electron chi connectivity index (χ4n) is 1.88. The van der Waals surface area contributed by atoms with E-state index in [9.17, 15) is 8.42 Å². The Hall–Kier alpha value is 0.370. The van der Waals surface area contributed by atoms with Crippen LogP contribution in [0, 0.1) is 0 Å². The standard InChI is InChI=1S/C12H31NO8S3/c1-16-23(17-2,18-3)11-7-9-13-22(14,15)10-8-12-24(19-4,20-5)21-6/h13H,7-12H2,1-6H3. The minimum atomic E-state index is -3.38. The molecule has 0 saturated heterocycles. The van der Waals surface area contributed by atoms with Crippen molar-refractivity contribution in [3.05, 3.63) is 0 Å². The molecule has 9 nitrogen and oxygen atoms in total. The fraction of sp³-hybridized carbons (Fsp3) is 1.00. The summed E-state index contributed by atoms with van der Waals surface area (Å²) in [6.07, 6.45) is 0.900. The molecule has 0 aromatic carbocycles. The molecular weight excluding hydrogens is 382 g/mol. The van der Waals surface area contributed by atoms with Crippen LogP contribution in [0.25, 0.3) is 0 Å². The molecule has 0 fully saturated rings. The van der Waals surface area contributed by atoms with Crippen molar-refractivity contribution in [1.29, 1.82) is 0 Å². The monoisotopic (exact) mass is 413 g/mol. The molecule has 12 heteroatoms. The van der Waals surface area contributed by atoms with Gasteiger partial charge in [0, 0.05) is 18.1 Å². The van der Waals surface area contributed by atoms with E-state index in [2.05, 4.69) is 4.72 Å². The molecule has 0 saturated carbocycles. The normalized spacial score (nSPS) is 14.8. The highest BCUT2D eigenvalue weighted by atomic mass is 32.3. The number of hydrogen-bond donors (Lipinski definition) is 1. The van der Waals surface area contributed by atoms with E-state index in [4.69, 9.17) is 25.1 Å². The molecule has 0 aliphatic carbocycles. The van der Waals surface area contributed by atoms with Gasteiger partial charge in [0.2, 0.25) is 10.0 Å². The average Bonchev–Trinajstić information content (AvgIpc) is 2.60. The molecule has 0 aromatic rings. The zero-order valence-electron chi connectivity index (χ0n) is 15.2. The van der Waals surface area contributed by atoms with Crippen LogP contribution in [0.1, 0.15) is 12.8 Å². The van der Waals surface area contributed by atoms with Crippen LogP contribution in [-0.4, -0.2) is 74.9 Å². The Balaban J connectivity index is 4.24. The second kappa shape index (κ2) is 11.9. The highest BCUT2D eigenvalue weighted by Gasteiger charge is 2.25. The Kier molecular flexibility index (Phi) is 12.1. The predicted molar refractivity (Wildman–Crippen MR) is 98.0 cm³/mol. The molecule has 0 unspecified atom stereocenters. The maximum absolute atomic E-state index is 12.0. The maximum atomic E-state index is 12.0. The molecular formula is C12H31NO8S3. The van der Waals surface area contributed by atoms with Gasteiger partial charge in [-0.3, -0.25) is 25.1 Å². The SMILES string of the molecule is COS(CCCNS(=O)(=O)CCCS(OC)(OC)OC)(OC)OC. The van der Waals surface area contributed by atoms with Gasteiger partial charge in [0.05, 0.1) is 70.2 Å². The van der Waals surface area contributed by atoms with Crippen molar-refractivity contribution < 1.29 is 33.5 Å². The van der Waals surface area contributed by atoms with Gasteiger partial charge in [0.25, 0.3) is 0 Å². The Morgan fingerprint density at radius 1 is 0.625 bits per heavy atom. The Bertz CT molecular complexity index is 409. The third-order valence-electron chi connectivity index (χ3n) is 3.22. The first-order valence-corrected chi connectivity index (χ1v) is 12.0. The van der Waals surface area contributed by atoms with E-state index in [0.717, 1.165) is 0 Å². The molecule has 0 aromatic heterocycles. The largest absolute Gasteiger partial charge is 0.296 e. The number of nitrogens with one attached hydrogen (secondary N) is 1. The molecule has 0 aliphatic rings. The van der Waals surface area contributed by atoms with Crippen molar-refractivity contribution in [2.75, 3.05) is 66.5 Å². The molecule has 0 atom stereocenters. The first-order chi connectivity index (χ1) is 11.3. The van der Waals surface area contributed by atoms with Gasteiger partial charge in [0.15, 0.2) is 0 Å². The van der Waals surface area contributed by atoms with Crippen LogP contribution in [0.15, 0.2) is 0 Å². The zero-order valence-corrected chi connectivity index (χ0v) is 17.7. The van der Waals surface area contributed by atoms with Gasteiger partial charge in [0.1, 0.15) is 0 Å². The smallest absolute Gasteiger partial charge is 0.211 e. The van der Waals surface area contributed by atoms with Gasteiger partial charge in [-0.1, -0.05) is 0 Å². The molecule has 24 heavy (non-hydrogen) atoms. The minimum Gasteiger partial charge on any atom is -0.296 e. The Morgan fingerprint density at radius 2 is 1.00 bits per heavy atom. The number of rotatable bonds is 15. The van der Waals surface area contributed by atoms with Crippen LogP contribution in [-0.2, 0) is 35.1 Å². The first kappa shape index (κ1) is 24.4. The summed E-state index contributed by atoms with van der Waals surface area (Å²) in [5.41, 5.74) is 0. The van der Waals surface area contributed by atoms with Crippen LogP contribution in [0.2, 0.25) is 0 Å². The molecule has 0 aliphatic heterocycles. The van der Waals surface area contributed by atoms with Crippen molar-refractivity contribution in [1.82, 2.24) is 4.72 Å². The van der Waals surface area contributed by atoms with E-state index >= 15 is 0 Å². The first-order valence-electron chi connectivity index (χ1n) is 7.21. The van der Waals surface area contributed by atoms with Gasteiger partial charge in [-0.2, -0.15) is 0 Å². The lowest BCUT2D eigenvalue weighted by molar-refractivity contribution is 0.247. The topological polar surface area (TPSA) is 102 Å². The summed E-state index contributed by atoms with van der Waals surface area (Å²) >= 11 is 0. The summed E-state index contributed by atoms with van der Waals surface area (Å²) in [5.74, 6) is 0.819. The van der Waals surface area contributed by atoms with Crippen LogP contribution in [0.3, 0.4) is 0 Å². The molecule has 1 N–H and O–H groups in total. The van der Waals surface area contributed by atoms with Crippen molar-refractivity contribution >= 4 is 31.8 Å². The maximum Gasteiger partial charge on any atom is 0.211 e. The quantitative estimate of drug-likeness (QED) is 0.405. The average molecular weight is 414 g/mol. The molecule has 0 radical (unpaired) electrons. The third-order valence-corrected chi connectivity index (χ3v) is 9.32. The lowest BCUT2D eigenvalue weighted by Crippen LogP contribution is -2.29. The van der Waals surface area contributed by atoms with Crippen molar-refractivity contribution in [2.24, 2.45) is 0 Å². The third kappa shape index (κ3) is 8.17. The molecule has 0 rings (SSSR count). The second-order valence-electron chi connectivity index (χ2n) is 4.44. The van der Waals surface area contributed by atoms with E-state index < -0.39 is 31.8 Å². The summed E-state index contributed by atoms with van der Waals surface area (Å²) in [6.45, 7) is 0.282. The Labute approximate surface area is 149 Å². The lowest BCUT2D eigenvalue weighted by atomic mass is 10.5. The van der Waals surface area contributed by atoms with Crippen LogP contribution < -0.4 is 4.72 Å². The number of hydrogen-bond acceptors (Lipinski definition) is 8. The minimum absolute atomic E-state index is 0.0331. The molecule has 0 amide bonds. The highest BCUT2D eigenvalue weighted by molar-refractivity contribution is 8.22. The molecule has 0 spiro atoms. The lowest BCUT2D eigenvalue weighted by Gasteiger charge is -2.33. The van der Waals surface area contributed by atoms with E-state index in [1.54, 1.807) is 0 Å². The van der Waals surface area contributed by atoms with E-state index in [1.165, 1.54) is 42.7 Å². The summed E-state index contributed by atoms with van der Waals surface area (Å²) in [6, 6.07) is 0. The summed E-state index contributed by atoms with van der Waals surface area (Å²) < 4.78 is 57.9. The number of sulfonamides is 1. The molecule has 0 bridgehead atoms. The Morgan fingerprint density at radius 3 is 1.38 bits per heavy atom. The molecule has 150 valence electrons. The summed E-state index contributed by atoms with van der Waals surface area (Å²) in [5, 5.41) is 0. The van der Waals surface area contributed by atoms with Gasteiger partial charge in [-0.05, 0) is 12.8 Å². The second-order valence-corrected chi connectivity index (χ2v) is 11.4. The van der Waals surface area contributed by atoms with Crippen LogP contribution in [0.4, 0.5) is 0 Å². The van der Waals surface area contributed by atoms with Gasteiger partial charge in [-0.25, -0.2) is 13.1 Å². The van der Waals surface area contributed by atoms with Gasteiger partial charge in [-0.15, -0.1) is 0 Å². The predicted octanol–water partition coefficient (Wildman–Crippen LogP) is 1.66. The van der Waals surface area contributed by atoms with E-state index in [1.807, 2.05) is 0 Å². The van der Waals surface area contributed by atoms with Crippen molar-refractivity contribution in [3.63, 3.8) is 0 Å². The van der Waals surface area contributed by atoms with Gasteiger partial charge < -0.3 is 0 Å². The van der Waals surface area contributed by atoms with E-state index in [-0.39, 0.29) is 12.3 Å². The highest BCUT2D eigenvalue weighted by Crippen LogP contribution is 2.50. The van der Waals surface area contributed by atoms with Crippen molar-refractivity contribution in [3.8, 4) is 0 Å². The fourth-order valence-corrected chi connectivity index (χ4v) is 6.00. The zero-order chi connectivity index (χ0) is 18.7. The van der Waals surface area contributed by atoms with Crippen LogP contribution in [0.5, 0.6) is 0 Å². The van der Waals surface area contributed by atoms with Gasteiger partial charge >= 0.3 is 0 Å². The van der Waals surface area contributed by atoms with E-state index in [0.29, 0.717) is 24.3 Å². The summed E-state index contributed by atoms with van der Waals surface area (Å²) in [7, 11) is 1.37.